The van der Waals surface area contributed by atoms with Crippen molar-refractivity contribution in [2.45, 2.75) is 13.1 Å². The predicted octanol–water partition coefficient (Wildman–Crippen LogP) is 3.34. The number of aromatic nitrogens is 2. The average Bonchev–Trinajstić information content (AvgIpc) is 2.64. The minimum Gasteiger partial charge on any atom is -0.480 e. The van der Waals surface area contributed by atoms with Crippen molar-refractivity contribution < 1.29 is 36.0 Å². The molecule has 1 atom stereocenters. The maximum atomic E-state index is 14.4. The van der Waals surface area contributed by atoms with Crippen LogP contribution in [0.25, 0.3) is 11.3 Å². The van der Waals surface area contributed by atoms with Crippen molar-refractivity contribution in [2.24, 2.45) is 5.41 Å². The van der Waals surface area contributed by atoms with Gasteiger partial charge in [-0.2, -0.15) is 13.2 Å². The van der Waals surface area contributed by atoms with Crippen LogP contribution in [0, 0.1) is 11.2 Å². The second kappa shape index (κ2) is 8.72. The molecule has 0 aliphatic carbocycles. The van der Waals surface area contributed by atoms with Crippen molar-refractivity contribution in [3.05, 3.63) is 30.2 Å². The summed E-state index contributed by atoms with van der Waals surface area (Å²) in [5.74, 6) is -2.18. The number of hydrogen-bond donors (Lipinski definition) is 1. The van der Waals surface area contributed by atoms with Gasteiger partial charge in [-0.15, -0.1) is 0 Å². The van der Waals surface area contributed by atoms with E-state index in [0.29, 0.717) is 19.8 Å². The predicted molar refractivity (Wildman–Crippen MR) is 101 cm³/mol. The van der Waals surface area contributed by atoms with E-state index in [1.807, 2.05) is 6.92 Å². The third kappa shape index (κ3) is 5.57. The molecule has 1 saturated heterocycles. The Labute approximate surface area is 172 Å². The minimum atomic E-state index is -4.63. The molecule has 2 aromatic heterocycles. The van der Waals surface area contributed by atoms with Crippen molar-refractivity contribution in [1.82, 2.24) is 9.97 Å². The Morgan fingerprint density at radius 2 is 2.07 bits per heavy atom. The van der Waals surface area contributed by atoms with Crippen LogP contribution in [0.5, 0.6) is 11.8 Å². The molecule has 0 aromatic carbocycles. The first kappa shape index (κ1) is 22.2. The summed E-state index contributed by atoms with van der Waals surface area (Å²) in [6.07, 6.45) is -3.38. The molecule has 0 amide bonds. The van der Waals surface area contributed by atoms with Crippen molar-refractivity contribution in [2.75, 3.05) is 37.4 Å². The van der Waals surface area contributed by atoms with Crippen molar-refractivity contribution in [3.8, 4) is 23.0 Å². The van der Waals surface area contributed by atoms with Crippen molar-refractivity contribution in [3.63, 3.8) is 0 Å². The number of methoxy groups -OCH3 is 1. The molecule has 30 heavy (non-hydrogen) atoms. The molecule has 1 N–H and O–H groups in total. The average molecular weight is 449 g/mol. The fraction of sp³-hybridized carbons (Fsp3) is 0.444. The number of nitrogens with one attached hydrogen (secondary N) is 1. The zero-order valence-electron chi connectivity index (χ0n) is 16.1. The van der Waals surface area contributed by atoms with Gasteiger partial charge in [0.2, 0.25) is 11.8 Å². The van der Waals surface area contributed by atoms with E-state index in [2.05, 4.69) is 14.7 Å². The summed E-state index contributed by atoms with van der Waals surface area (Å²) in [5.41, 5.74) is -0.215. The lowest BCUT2D eigenvalue weighted by Gasteiger charge is -2.37. The van der Waals surface area contributed by atoms with Gasteiger partial charge in [-0.05, 0) is 12.1 Å². The Kier molecular flexibility index (Phi) is 6.46. The van der Waals surface area contributed by atoms with Crippen LogP contribution in [0.15, 0.2) is 24.4 Å². The SMILES string of the molecule is COc1ncc(-c2nc(OCC3(C)COC3)ccc2F)cc1NS(=O)CC(F)(F)F. The van der Waals surface area contributed by atoms with Crippen LogP contribution in [-0.4, -0.2) is 53.0 Å². The molecule has 1 fully saturated rings. The van der Waals surface area contributed by atoms with E-state index in [0.717, 1.165) is 6.07 Å². The molecule has 1 aliphatic heterocycles. The highest BCUT2D eigenvalue weighted by Gasteiger charge is 2.34. The van der Waals surface area contributed by atoms with Gasteiger partial charge in [0.1, 0.15) is 33.9 Å². The number of alkyl halides is 3. The standard InChI is InChI=1S/C18H19F4N3O4S/c1-17(7-28-8-17)9-29-14-4-3-12(19)15(24-14)11-5-13(16(27-2)23-6-11)25-30(26)10-18(20,21)22/h3-6,25H,7-10H2,1-2H3. The largest absolute Gasteiger partial charge is 0.480 e. The summed E-state index contributed by atoms with van der Waals surface area (Å²) < 4.78 is 81.5. The zero-order chi connectivity index (χ0) is 21.9. The van der Waals surface area contributed by atoms with Crippen LogP contribution in [0.4, 0.5) is 23.2 Å². The summed E-state index contributed by atoms with van der Waals surface area (Å²) in [7, 11) is -1.23. The van der Waals surface area contributed by atoms with E-state index in [1.165, 1.54) is 25.4 Å². The molecule has 164 valence electrons. The summed E-state index contributed by atoms with van der Waals surface area (Å²) in [6.45, 7) is 3.41. The number of halogens is 4. The van der Waals surface area contributed by atoms with Crippen LogP contribution < -0.4 is 14.2 Å². The monoisotopic (exact) mass is 449 g/mol. The van der Waals surface area contributed by atoms with Gasteiger partial charge < -0.3 is 14.2 Å². The van der Waals surface area contributed by atoms with Gasteiger partial charge >= 0.3 is 6.18 Å². The van der Waals surface area contributed by atoms with Crippen LogP contribution in [0.1, 0.15) is 6.92 Å². The molecule has 3 heterocycles. The first-order valence-electron chi connectivity index (χ1n) is 8.72. The third-order valence-electron chi connectivity index (χ3n) is 4.13. The molecule has 1 unspecified atom stereocenters. The normalized spacial score (nSPS) is 16.5. The van der Waals surface area contributed by atoms with Gasteiger partial charge in [0.15, 0.2) is 0 Å². The third-order valence-corrected chi connectivity index (χ3v) is 5.16. The highest BCUT2D eigenvalue weighted by Crippen LogP contribution is 2.32. The van der Waals surface area contributed by atoms with Gasteiger partial charge in [0.25, 0.3) is 0 Å². The van der Waals surface area contributed by atoms with Gasteiger partial charge in [0.05, 0.1) is 26.9 Å². The van der Waals surface area contributed by atoms with E-state index >= 15 is 0 Å². The second-order valence-electron chi connectivity index (χ2n) is 7.06. The summed E-state index contributed by atoms with van der Waals surface area (Å²) in [5, 5.41) is 0. The highest BCUT2D eigenvalue weighted by molar-refractivity contribution is 7.86. The number of pyridine rings is 2. The number of anilines is 1. The molecular formula is C18H19F4N3O4S. The molecular weight excluding hydrogens is 430 g/mol. The van der Waals surface area contributed by atoms with Gasteiger partial charge in [-0.1, -0.05) is 6.92 Å². The fourth-order valence-corrected chi connectivity index (χ4v) is 3.37. The first-order valence-corrected chi connectivity index (χ1v) is 10.0. The Balaban J connectivity index is 1.84. The van der Waals surface area contributed by atoms with E-state index in [1.54, 1.807) is 0 Å². The second-order valence-corrected chi connectivity index (χ2v) is 8.24. The van der Waals surface area contributed by atoms with Gasteiger partial charge in [-0.3, -0.25) is 4.72 Å². The first-order chi connectivity index (χ1) is 14.1. The number of hydrogen-bond acceptors (Lipinski definition) is 6. The van der Waals surface area contributed by atoms with Crippen LogP contribution in [0.2, 0.25) is 0 Å². The maximum absolute atomic E-state index is 14.4. The van der Waals surface area contributed by atoms with Crippen LogP contribution >= 0.6 is 0 Å². The van der Waals surface area contributed by atoms with Crippen molar-refractivity contribution >= 4 is 16.7 Å². The number of rotatable bonds is 8. The Bertz CT molecular complexity index is 938. The molecule has 0 bridgehead atoms. The van der Waals surface area contributed by atoms with E-state index < -0.39 is 28.7 Å². The quantitative estimate of drug-likeness (QED) is 0.623. The molecule has 2 aromatic rings. The molecule has 0 radical (unpaired) electrons. The maximum Gasteiger partial charge on any atom is 0.402 e. The van der Waals surface area contributed by atoms with Crippen LogP contribution in [-0.2, 0) is 15.7 Å². The lowest BCUT2D eigenvalue weighted by molar-refractivity contribution is -0.120. The molecule has 0 saturated carbocycles. The summed E-state index contributed by atoms with van der Waals surface area (Å²) in [4.78, 5) is 8.07. The lowest BCUT2D eigenvalue weighted by atomic mass is 9.90. The summed E-state index contributed by atoms with van der Waals surface area (Å²) in [6, 6.07) is 3.79. The highest BCUT2D eigenvalue weighted by atomic mass is 32.2. The van der Waals surface area contributed by atoms with E-state index in [4.69, 9.17) is 14.2 Å². The minimum absolute atomic E-state index is 0.0933. The molecule has 0 spiro atoms. The van der Waals surface area contributed by atoms with Crippen LogP contribution in [0.3, 0.4) is 0 Å². The number of ether oxygens (including phenoxy) is 3. The smallest absolute Gasteiger partial charge is 0.402 e. The zero-order valence-corrected chi connectivity index (χ0v) is 16.9. The van der Waals surface area contributed by atoms with E-state index in [-0.39, 0.29) is 34.1 Å². The fourth-order valence-electron chi connectivity index (χ4n) is 2.61. The number of nitrogens with zero attached hydrogens (tertiary/aromatic N) is 2. The summed E-state index contributed by atoms with van der Waals surface area (Å²) >= 11 is 0. The molecule has 7 nitrogen and oxygen atoms in total. The molecule has 1 aliphatic rings. The topological polar surface area (TPSA) is 82.6 Å². The Morgan fingerprint density at radius 1 is 1.33 bits per heavy atom. The molecule has 12 heteroatoms. The Morgan fingerprint density at radius 3 is 2.67 bits per heavy atom. The lowest BCUT2D eigenvalue weighted by Crippen LogP contribution is -2.44. The van der Waals surface area contributed by atoms with E-state index in [9.17, 15) is 21.8 Å². The van der Waals surface area contributed by atoms with Gasteiger partial charge in [-0.25, -0.2) is 18.6 Å². The Hall–Kier alpha value is -2.47. The van der Waals surface area contributed by atoms with Crippen molar-refractivity contribution in [1.29, 1.82) is 0 Å². The molecule has 3 rings (SSSR count). The van der Waals surface area contributed by atoms with Gasteiger partial charge in [0, 0.05) is 23.2 Å².